The van der Waals surface area contributed by atoms with Crippen molar-refractivity contribution in [3.05, 3.63) is 47.7 Å². The summed E-state index contributed by atoms with van der Waals surface area (Å²) in [7, 11) is 0. The number of carbonyl (C=O) groups excluding carboxylic acids is 2. The zero-order valence-electron chi connectivity index (χ0n) is 13.9. The SMILES string of the molecule is CCN(Cc1ccccc1)C(=O)C1CC(=O)N(c2cc(C)on2)C1. The van der Waals surface area contributed by atoms with Gasteiger partial charge in [0.2, 0.25) is 11.8 Å². The van der Waals surface area contributed by atoms with E-state index in [1.54, 1.807) is 17.9 Å². The van der Waals surface area contributed by atoms with E-state index in [0.29, 0.717) is 31.2 Å². The molecule has 1 atom stereocenters. The van der Waals surface area contributed by atoms with Crippen molar-refractivity contribution in [3.63, 3.8) is 0 Å². The zero-order chi connectivity index (χ0) is 17.1. The van der Waals surface area contributed by atoms with Crippen molar-refractivity contribution < 1.29 is 14.1 Å². The average Bonchev–Trinajstić information content (AvgIpc) is 3.18. The number of benzene rings is 1. The number of anilines is 1. The lowest BCUT2D eigenvalue weighted by Crippen LogP contribution is -2.37. The van der Waals surface area contributed by atoms with E-state index in [4.69, 9.17) is 4.52 Å². The Balaban J connectivity index is 1.69. The number of nitrogens with zero attached hydrogens (tertiary/aromatic N) is 3. The lowest BCUT2D eigenvalue weighted by Gasteiger charge is -2.24. The molecule has 0 bridgehead atoms. The highest BCUT2D eigenvalue weighted by molar-refractivity contribution is 5.99. The Morgan fingerprint density at radius 2 is 2.12 bits per heavy atom. The van der Waals surface area contributed by atoms with Gasteiger partial charge in [0.25, 0.3) is 0 Å². The van der Waals surface area contributed by atoms with Gasteiger partial charge >= 0.3 is 0 Å². The molecule has 0 saturated carbocycles. The third-order valence-electron chi connectivity index (χ3n) is 4.28. The number of aromatic nitrogens is 1. The van der Waals surface area contributed by atoms with E-state index in [1.165, 1.54) is 4.90 Å². The standard InChI is InChI=1S/C18H21N3O3/c1-3-20(11-14-7-5-4-6-8-14)18(23)15-10-17(22)21(12-15)16-9-13(2)24-19-16/h4-9,15H,3,10-12H2,1-2H3. The molecule has 1 aliphatic rings. The fourth-order valence-corrected chi connectivity index (χ4v) is 2.98. The number of aryl methyl sites for hydroxylation is 1. The van der Waals surface area contributed by atoms with Gasteiger partial charge in [0.15, 0.2) is 5.82 Å². The molecule has 1 fully saturated rings. The predicted octanol–water partition coefficient (Wildman–Crippen LogP) is 2.38. The summed E-state index contributed by atoms with van der Waals surface area (Å²) in [5, 5.41) is 3.88. The summed E-state index contributed by atoms with van der Waals surface area (Å²) in [5.41, 5.74) is 1.08. The van der Waals surface area contributed by atoms with Crippen LogP contribution in [0.5, 0.6) is 0 Å². The first kappa shape index (κ1) is 16.2. The number of amides is 2. The molecule has 1 unspecified atom stereocenters. The third-order valence-corrected chi connectivity index (χ3v) is 4.28. The lowest BCUT2D eigenvalue weighted by atomic mass is 10.1. The summed E-state index contributed by atoms with van der Waals surface area (Å²) in [5.74, 6) is 0.721. The molecule has 126 valence electrons. The van der Waals surface area contributed by atoms with Gasteiger partial charge in [0.05, 0.1) is 5.92 Å². The molecule has 2 amide bonds. The van der Waals surface area contributed by atoms with Crippen LogP contribution in [0.2, 0.25) is 0 Å². The molecule has 0 N–H and O–H groups in total. The number of carbonyl (C=O) groups is 2. The third kappa shape index (κ3) is 3.32. The van der Waals surface area contributed by atoms with Gasteiger partial charge < -0.3 is 9.42 Å². The van der Waals surface area contributed by atoms with E-state index in [9.17, 15) is 9.59 Å². The van der Waals surface area contributed by atoms with Crippen LogP contribution in [0.3, 0.4) is 0 Å². The minimum Gasteiger partial charge on any atom is -0.360 e. The minimum atomic E-state index is -0.335. The maximum atomic E-state index is 12.8. The van der Waals surface area contributed by atoms with Crippen molar-refractivity contribution in [2.24, 2.45) is 5.92 Å². The molecule has 0 aliphatic carbocycles. The van der Waals surface area contributed by atoms with Crippen molar-refractivity contribution >= 4 is 17.6 Å². The molecule has 6 heteroatoms. The number of rotatable bonds is 5. The largest absolute Gasteiger partial charge is 0.360 e. The summed E-state index contributed by atoms with van der Waals surface area (Å²) >= 11 is 0. The van der Waals surface area contributed by atoms with Crippen molar-refractivity contribution in [3.8, 4) is 0 Å². The highest BCUT2D eigenvalue weighted by Gasteiger charge is 2.38. The van der Waals surface area contributed by atoms with Gasteiger partial charge in [-0.2, -0.15) is 0 Å². The molecule has 1 aromatic carbocycles. The molecule has 0 radical (unpaired) electrons. The first-order valence-corrected chi connectivity index (χ1v) is 8.15. The summed E-state index contributed by atoms with van der Waals surface area (Å²) in [4.78, 5) is 28.4. The normalized spacial score (nSPS) is 17.3. The summed E-state index contributed by atoms with van der Waals surface area (Å²) in [6.07, 6.45) is 0.218. The molecular weight excluding hydrogens is 306 g/mol. The molecule has 24 heavy (non-hydrogen) atoms. The van der Waals surface area contributed by atoms with Crippen molar-refractivity contribution in [2.45, 2.75) is 26.8 Å². The van der Waals surface area contributed by atoms with Crippen LogP contribution in [-0.2, 0) is 16.1 Å². The van der Waals surface area contributed by atoms with Gasteiger partial charge in [0, 0.05) is 32.1 Å². The number of hydrogen-bond acceptors (Lipinski definition) is 4. The molecule has 1 aromatic heterocycles. The van der Waals surface area contributed by atoms with Gasteiger partial charge in [-0.05, 0) is 19.4 Å². The van der Waals surface area contributed by atoms with Crippen LogP contribution in [0.4, 0.5) is 5.82 Å². The van der Waals surface area contributed by atoms with Gasteiger partial charge in [-0.25, -0.2) is 0 Å². The minimum absolute atomic E-state index is 0.0115. The Bertz CT molecular complexity index is 726. The van der Waals surface area contributed by atoms with Gasteiger partial charge in [-0.3, -0.25) is 14.5 Å². The molecule has 1 saturated heterocycles. The Kier molecular flexibility index (Phi) is 4.64. The summed E-state index contributed by atoms with van der Waals surface area (Å²) < 4.78 is 5.03. The van der Waals surface area contributed by atoms with Crippen molar-refractivity contribution in [1.29, 1.82) is 0 Å². The van der Waals surface area contributed by atoms with Crippen LogP contribution in [-0.4, -0.2) is 35.0 Å². The van der Waals surface area contributed by atoms with Crippen LogP contribution < -0.4 is 4.90 Å². The van der Waals surface area contributed by atoms with Crippen LogP contribution in [0.1, 0.15) is 24.7 Å². The smallest absolute Gasteiger partial charge is 0.229 e. The molecule has 3 rings (SSSR count). The van der Waals surface area contributed by atoms with Crippen LogP contribution in [0.25, 0.3) is 0 Å². The topological polar surface area (TPSA) is 66.7 Å². The molecule has 6 nitrogen and oxygen atoms in total. The van der Waals surface area contributed by atoms with Crippen LogP contribution in [0.15, 0.2) is 40.9 Å². The van der Waals surface area contributed by atoms with E-state index >= 15 is 0 Å². The molecule has 2 aromatic rings. The molecule has 0 spiro atoms. The zero-order valence-corrected chi connectivity index (χ0v) is 13.9. The molecule has 2 heterocycles. The first-order valence-electron chi connectivity index (χ1n) is 8.15. The lowest BCUT2D eigenvalue weighted by molar-refractivity contribution is -0.136. The van der Waals surface area contributed by atoms with E-state index in [2.05, 4.69) is 5.16 Å². The van der Waals surface area contributed by atoms with Gasteiger partial charge in [-0.15, -0.1) is 0 Å². The summed E-state index contributed by atoms with van der Waals surface area (Å²) in [6.45, 7) is 5.26. The molecular formula is C18H21N3O3. The second kappa shape index (κ2) is 6.86. The Hall–Kier alpha value is -2.63. The van der Waals surface area contributed by atoms with Crippen molar-refractivity contribution in [2.75, 3.05) is 18.0 Å². The van der Waals surface area contributed by atoms with Crippen LogP contribution in [0, 0.1) is 12.8 Å². The molecule has 1 aliphatic heterocycles. The van der Waals surface area contributed by atoms with Crippen molar-refractivity contribution in [1.82, 2.24) is 10.1 Å². The average molecular weight is 327 g/mol. The second-order valence-corrected chi connectivity index (χ2v) is 6.04. The van der Waals surface area contributed by atoms with E-state index in [1.807, 2.05) is 37.3 Å². The highest BCUT2D eigenvalue weighted by atomic mass is 16.5. The van der Waals surface area contributed by atoms with E-state index in [-0.39, 0.29) is 24.2 Å². The Labute approximate surface area is 141 Å². The fourth-order valence-electron chi connectivity index (χ4n) is 2.98. The monoisotopic (exact) mass is 327 g/mol. The van der Waals surface area contributed by atoms with Crippen LogP contribution >= 0.6 is 0 Å². The van der Waals surface area contributed by atoms with Gasteiger partial charge in [-0.1, -0.05) is 35.5 Å². The van der Waals surface area contributed by atoms with E-state index < -0.39 is 0 Å². The second-order valence-electron chi connectivity index (χ2n) is 6.04. The number of hydrogen-bond donors (Lipinski definition) is 0. The first-order chi connectivity index (χ1) is 11.6. The Morgan fingerprint density at radius 1 is 1.38 bits per heavy atom. The summed E-state index contributed by atoms with van der Waals surface area (Å²) in [6, 6.07) is 11.6. The van der Waals surface area contributed by atoms with Gasteiger partial charge in [0.1, 0.15) is 5.76 Å². The highest BCUT2D eigenvalue weighted by Crippen LogP contribution is 2.26. The quantitative estimate of drug-likeness (QED) is 0.846. The maximum absolute atomic E-state index is 12.8. The van der Waals surface area contributed by atoms with E-state index in [0.717, 1.165) is 5.56 Å². The maximum Gasteiger partial charge on any atom is 0.229 e. The fraction of sp³-hybridized carbons (Fsp3) is 0.389. The predicted molar refractivity (Wildman–Crippen MR) is 89.2 cm³/mol. The Morgan fingerprint density at radius 3 is 2.75 bits per heavy atom.